The van der Waals surface area contributed by atoms with E-state index in [9.17, 15) is 0 Å². The summed E-state index contributed by atoms with van der Waals surface area (Å²) in [4.78, 5) is 1.84. The zero-order valence-electron chi connectivity index (χ0n) is 14.8. The summed E-state index contributed by atoms with van der Waals surface area (Å²) in [6, 6.07) is 7.05. The molecule has 1 saturated carbocycles. The van der Waals surface area contributed by atoms with Gasteiger partial charge in [0, 0.05) is 15.6 Å². The lowest BCUT2D eigenvalue weighted by atomic mass is 9.52. The van der Waals surface area contributed by atoms with E-state index in [4.69, 9.17) is 4.11 Å². The van der Waals surface area contributed by atoms with E-state index in [1.54, 1.807) is 5.56 Å². The standard InChI is InChI=1S/C18H25N/c1-13-6-7-14-12-17-15-5-3-4-8-18(15,16(14)11-13)9-10-19(17)2/h6-7,11,15,17H,3-5,8-10,12H2,1-2H3/t15-,17+,18+/m1/s1/i2D3. The molecule has 102 valence electrons. The monoisotopic (exact) mass is 258 g/mol. The molecule has 0 amide bonds. The first-order chi connectivity index (χ1) is 10.4. The summed E-state index contributed by atoms with van der Waals surface area (Å²) >= 11 is 0. The molecular weight excluding hydrogens is 230 g/mol. The van der Waals surface area contributed by atoms with Gasteiger partial charge >= 0.3 is 0 Å². The average Bonchev–Trinajstić information content (AvgIpc) is 2.47. The maximum absolute atomic E-state index is 7.93. The second-order valence-electron chi connectivity index (χ2n) is 6.88. The Morgan fingerprint density at radius 1 is 1.32 bits per heavy atom. The third-order valence-electron chi connectivity index (χ3n) is 5.99. The van der Waals surface area contributed by atoms with Gasteiger partial charge in [-0.05, 0) is 63.2 Å². The van der Waals surface area contributed by atoms with E-state index >= 15 is 0 Å². The van der Waals surface area contributed by atoms with Crippen molar-refractivity contribution in [3.63, 3.8) is 0 Å². The molecule has 0 spiro atoms. The van der Waals surface area contributed by atoms with Gasteiger partial charge in [0.15, 0.2) is 0 Å². The average molecular weight is 258 g/mol. The van der Waals surface area contributed by atoms with Gasteiger partial charge in [0.25, 0.3) is 0 Å². The highest BCUT2D eigenvalue weighted by Gasteiger charge is 2.52. The molecule has 2 fully saturated rings. The van der Waals surface area contributed by atoms with Crippen LogP contribution >= 0.6 is 0 Å². The van der Waals surface area contributed by atoms with Crippen molar-refractivity contribution in [2.75, 3.05) is 13.5 Å². The first-order valence-electron chi connectivity index (χ1n) is 9.29. The molecule has 2 bridgehead atoms. The Kier molecular flexibility index (Phi) is 1.97. The zero-order valence-corrected chi connectivity index (χ0v) is 11.8. The Labute approximate surface area is 121 Å². The normalized spacial score (nSPS) is 40.6. The number of benzene rings is 1. The highest BCUT2D eigenvalue weighted by atomic mass is 15.1. The number of aryl methyl sites for hydroxylation is 1. The predicted octanol–water partition coefficient (Wildman–Crippen LogP) is 3.68. The Morgan fingerprint density at radius 3 is 3.16 bits per heavy atom. The molecule has 0 N–H and O–H groups in total. The van der Waals surface area contributed by atoms with Crippen LogP contribution in [0.2, 0.25) is 0 Å². The first kappa shape index (κ1) is 9.18. The molecule has 19 heavy (non-hydrogen) atoms. The van der Waals surface area contributed by atoms with Gasteiger partial charge in [-0.25, -0.2) is 0 Å². The predicted molar refractivity (Wildman–Crippen MR) is 79.6 cm³/mol. The van der Waals surface area contributed by atoms with E-state index < -0.39 is 6.98 Å². The van der Waals surface area contributed by atoms with E-state index in [-0.39, 0.29) is 11.5 Å². The molecular formula is C18H25N. The number of piperidine rings is 1. The third kappa shape index (κ3) is 1.57. The molecule has 4 rings (SSSR count). The summed E-state index contributed by atoms with van der Waals surface area (Å²) in [6.45, 7) is 0.958. The topological polar surface area (TPSA) is 3.24 Å². The van der Waals surface area contributed by atoms with Crippen molar-refractivity contribution in [3.05, 3.63) is 34.9 Å². The lowest BCUT2D eigenvalue weighted by molar-refractivity contribution is 0.00283. The maximum atomic E-state index is 7.93. The molecule has 3 atom stereocenters. The van der Waals surface area contributed by atoms with E-state index in [2.05, 4.69) is 25.1 Å². The smallest absolute Gasteiger partial charge is 0.0394 e. The molecule has 1 aromatic carbocycles. The third-order valence-corrected chi connectivity index (χ3v) is 5.99. The summed E-state index contributed by atoms with van der Waals surface area (Å²) < 4.78 is 23.8. The quantitative estimate of drug-likeness (QED) is 0.686. The zero-order chi connectivity index (χ0) is 15.5. The van der Waals surface area contributed by atoms with Gasteiger partial charge in [-0.15, -0.1) is 0 Å². The number of fused-ring (bicyclic) bond motifs is 1. The molecule has 0 radical (unpaired) electrons. The van der Waals surface area contributed by atoms with E-state index in [0.29, 0.717) is 5.92 Å². The molecule has 1 heterocycles. The van der Waals surface area contributed by atoms with Crippen LogP contribution in [0.4, 0.5) is 0 Å². The van der Waals surface area contributed by atoms with Crippen LogP contribution in [-0.4, -0.2) is 24.5 Å². The summed E-state index contributed by atoms with van der Waals surface area (Å²) in [6.07, 6.45) is 6.94. The van der Waals surface area contributed by atoms with Crippen LogP contribution in [0.3, 0.4) is 0 Å². The minimum atomic E-state index is -1.95. The van der Waals surface area contributed by atoms with Crippen molar-refractivity contribution in [1.82, 2.24) is 4.90 Å². The lowest BCUT2D eigenvalue weighted by Gasteiger charge is -2.58. The number of likely N-dealkylation sites (tertiary alicyclic amines) is 1. The number of nitrogens with zero attached hydrogens (tertiary/aromatic N) is 1. The van der Waals surface area contributed by atoms with Gasteiger partial charge in [-0.3, -0.25) is 0 Å². The molecule has 1 aromatic rings. The Hall–Kier alpha value is -0.820. The fourth-order valence-corrected chi connectivity index (χ4v) is 5.12. The van der Waals surface area contributed by atoms with Gasteiger partial charge in [0.05, 0.1) is 0 Å². The highest BCUT2D eigenvalue weighted by molar-refractivity contribution is 5.43. The van der Waals surface area contributed by atoms with Gasteiger partial charge in [0.1, 0.15) is 0 Å². The molecule has 1 nitrogen and oxygen atoms in total. The Bertz CT molecular complexity index is 594. The van der Waals surface area contributed by atoms with Crippen LogP contribution in [0.1, 0.15) is 52.9 Å². The van der Waals surface area contributed by atoms with Crippen molar-refractivity contribution >= 4 is 0 Å². The van der Waals surface area contributed by atoms with Crippen LogP contribution in [0, 0.1) is 12.8 Å². The van der Waals surface area contributed by atoms with E-state index in [0.717, 1.165) is 19.4 Å². The summed E-state index contributed by atoms with van der Waals surface area (Å²) in [5, 5.41) is 0. The molecule has 1 heteroatoms. The van der Waals surface area contributed by atoms with E-state index in [1.165, 1.54) is 36.8 Å². The van der Waals surface area contributed by atoms with Crippen molar-refractivity contribution in [1.29, 1.82) is 0 Å². The van der Waals surface area contributed by atoms with Crippen LogP contribution in [-0.2, 0) is 11.8 Å². The maximum Gasteiger partial charge on any atom is 0.0394 e. The number of rotatable bonds is 0. The van der Waals surface area contributed by atoms with E-state index in [1.807, 2.05) is 4.90 Å². The Balaban J connectivity index is 1.85. The summed E-state index contributed by atoms with van der Waals surface area (Å²) in [5.74, 6) is 0.532. The van der Waals surface area contributed by atoms with Crippen molar-refractivity contribution in [2.45, 2.75) is 56.9 Å². The molecule has 1 aliphatic heterocycles. The number of hydrogen-bond acceptors (Lipinski definition) is 1. The summed E-state index contributed by atoms with van der Waals surface area (Å²) in [7, 11) is 0. The van der Waals surface area contributed by atoms with Crippen LogP contribution in [0.25, 0.3) is 0 Å². The van der Waals surface area contributed by atoms with Crippen LogP contribution in [0.5, 0.6) is 0 Å². The molecule has 0 unspecified atom stereocenters. The largest absolute Gasteiger partial charge is 0.303 e. The van der Waals surface area contributed by atoms with Crippen molar-refractivity contribution in [3.8, 4) is 0 Å². The molecule has 1 saturated heterocycles. The fourth-order valence-electron chi connectivity index (χ4n) is 5.12. The second-order valence-corrected chi connectivity index (χ2v) is 6.88. The fraction of sp³-hybridized carbons (Fsp3) is 0.667. The van der Waals surface area contributed by atoms with Gasteiger partial charge < -0.3 is 4.90 Å². The first-order valence-corrected chi connectivity index (χ1v) is 7.79. The summed E-state index contributed by atoms with van der Waals surface area (Å²) in [5.41, 5.74) is 4.56. The SMILES string of the molecule is [2H]C([2H])([2H])N1CC[C@@]23CCCC[C@@H]2[C@@H]1Cc1ccc(C)cc13. The molecule has 0 aromatic heterocycles. The number of hydrogen-bond donors (Lipinski definition) is 0. The van der Waals surface area contributed by atoms with Crippen LogP contribution < -0.4 is 0 Å². The minimum Gasteiger partial charge on any atom is -0.303 e. The van der Waals surface area contributed by atoms with Crippen molar-refractivity contribution in [2.24, 2.45) is 5.92 Å². The van der Waals surface area contributed by atoms with Gasteiger partial charge in [0.2, 0.25) is 0 Å². The highest BCUT2D eigenvalue weighted by Crippen LogP contribution is 2.55. The lowest BCUT2D eigenvalue weighted by Crippen LogP contribution is -2.59. The van der Waals surface area contributed by atoms with Crippen LogP contribution in [0.15, 0.2) is 18.2 Å². The van der Waals surface area contributed by atoms with Crippen molar-refractivity contribution < 1.29 is 4.11 Å². The number of likely N-dealkylation sites (N-methyl/N-ethyl adjacent to an activating group) is 1. The minimum absolute atomic E-state index is 0.205. The molecule has 3 aliphatic rings. The second kappa shape index (κ2) is 4.09. The van der Waals surface area contributed by atoms with Gasteiger partial charge in [-0.2, -0.15) is 0 Å². The Morgan fingerprint density at radius 2 is 2.26 bits per heavy atom. The van der Waals surface area contributed by atoms with Gasteiger partial charge in [-0.1, -0.05) is 36.6 Å². The molecule has 2 aliphatic carbocycles.